The summed E-state index contributed by atoms with van der Waals surface area (Å²) in [6, 6.07) is 7.65. The van der Waals surface area contributed by atoms with E-state index in [0.29, 0.717) is 31.5 Å². The zero-order chi connectivity index (χ0) is 14.8. The zero-order valence-corrected chi connectivity index (χ0v) is 11.5. The summed E-state index contributed by atoms with van der Waals surface area (Å²) < 4.78 is 0. The van der Waals surface area contributed by atoms with Gasteiger partial charge in [-0.3, -0.25) is 14.6 Å². The summed E-state index contributed by atoms with van der Waals surface area (Å²) >= 11 is 0. The maximum absolute atomic E-state index is 12.6. The van der Waals surface area contributed by atoms with Crippen LogP contribution >= 0.6 is 0 Å². The highest BCUT2D eigenvalue weighted by Gasteiger charge is 2.28. The molecule has 1 aromatic carbocycles. The summed E-state index contributed by atoms with van der Waals surface area (Å²) in [7, 11) is 0. The number of hydrogen-bond acceptors (Lipinski definition) is 3. The highest BCUT2D eigenvalue weighted by molar-refractivity contribution is 6.06. The second-order valence-corrected chi connectivity index (χ2v) is 5.31. The summed E-state index contributed by atoms with van der Waals surface area (Å²) in [5.41, 5.74) is 0.585. The number of hydrogen-bond donors (Lipinski definition) is 1. The van der Waals surface area contributed by atoms with Crippen molar-refractivity contribution in [1.82, 2.24) is 9.88 Å². The van der Waals surface area contributed by atoms with Gasteiger partial charge in [0, 0.05) is 30.9 Å². The highest BCUT2D eigenvalue weighted by Crippen LogP contribution is 2.22. The van der Waals surface area contributed by atoms with Crippen molar-refractivity contribution in [3.8, 4) is 0 Å². The molecule has 0 unspecified atom stereocenters. The number of amides is 1. The van der Waals surface area contributed by atoms with Gasteiger partial charge in [0.15, 0.2) is 0 Å². The third kappa shape index (κ3) is 2.59. The second kappa shape index (κ2) is 5.52. The number of rotatable bonds is 2. The summed E-state index contributed by atoms with van der Waals surface area (Å²) in [6.45, 7) is 0.970. The van der Waals surface area contributed by atoms with E-state index in [9.17, 15) is 9.59 Å². The predicted molar refractivity (Wildman–Crippen MR) is 78.0 cm³/mol. The Kier molecular flexibility index (Phi) is 3.56. The Morgan fingerprint density at radius 3 is 2.57 bits per heavy atom. The molecule has 1 fully saturated rings. The summed E-state index contributed by atoms with van der Waals surface area (Å²) in [5, 5.41) is 10.8. The normalized spacial score (nSPS) is 16.1. The van der Waals surface area contributed by atoms with Crippen molar-refractivity contribution in [2.45, 2.75) is 12.8 Å². The largest absolute Gasteiger partial charge is 0.481 e. The maximum Gasteiger partial charge on any atom is 0.306 e. The molecule has 5 nitrogen and oxygen atoms in total. The molecule has 1 amide bonds. The van der Waals surface area contributed by atoms with Crippen LogP contribution < -0.4 is 0 Å². The van der Waals surface area contributed by atoms with Gasteiger partial charge >= 0.3 is 5.97 Å². The second-order valence-electron chi connectivity index (χ2n) is 5.31. The van der Waals surface area contributed by atoms with Gasteiger partial charge in [0.05, 0.1) is 11.5 Å². The molecule has 21 heavy (non-hydrogen) atoms. The number of nitrogens with zero attached hydrogens (tertiary/aromatic N) is 2. The Morgan fingerprint density at radius 2 is 1.86 bits per heavy atom. The van der Waals surface area contributed by atoms with Crippen LogP contribution in [0.1, 0.15) is 23.2 Å². The van der Waals surface area contributed by atoms with Gasteiger partial charge in [-0.2, -0.15) is 0 Å². The van der Waals surface area contributed by atoms with Crippen molar-refractivity contribution in [1.29, 1.82) is 0 Å². The number of benzene rings is 1. The molecular formula is C16H16N2O3. The molecule has 3 rings (SSSR count). The van der Waals surface area contributed by atoms with Gasteiger partial charge < -0.3 is 10.0 Å². The maximum atomic E-state index is 12.6. The minimum absolute atomic E-state index is 0.0665. The molecule has 1 aliphatic heterocycles. The quantitative estimate of drug-likeness (QED) is 0.917. The number of fused-ring (bicyclic) bond motifs is 1. The Labute approximate surface area is 122 Å². The van der Waals surface area contributed by atoms with E-state index in [1.807, 2.05) is 24.3 Å². The number of aliphatic carboxylic acids is 1. The van der Waals surface area contributed by atoms with Crippen molar-refractivity contribution in [2.75, 3.05) is 13.1 Å². The minimum Gasteiger partial charge on any atom is -0.481 e. The van der Waals surface area contributed by atoms with Crippen molar-refractivity contribution >= 4 is 22.6 Å². The summed E-state index contributed by atoms with van der Waals surface area (Å²) in [6.07, 6.45) is 4.36. The van der Waals surface area contributed by atoms with Crippen LogP contribution in [-0.4, -0.2) is 40.0 Å². The Balaban J connectivity index is 1.84. The molecule has 0 aliphatic carbocycles. The third-order valence-electron chi connectivity index (χ3n) is 4.03. The lowest BCUT2D eigenvalue weighted by atomic mass is 9.96. The molecule has 2 aromatic rings. The molecule has 0 radical (unpaired) electrons. The number of likely N-dealkylation sites (tertiary alicyclic amines) is 1. The van der Waals surface area contributed by atoms with E-state index < -0.39 is 5.97 Å². The number of carbonyl (C=O) groups is 2. The fourth-order valence-electron chi connectivity index (χ4n) is 2.79. The molecule has 1 saturated heterocycles. The number of carboxylic acids is 1. The molecule has 108 valence electrons. The lowest BCUT2D eigenvalue weighted by molar-refractivity contribution is -0.143. The first-order chi connectivity index (χ1) is 10.2. The van der Waals surface area contributed by atoms with Crippen LogP contribution in [0.25, 0.3) is 10.8 Å². The Morgan fingerprint density at radius 1 is 1.14 bits per heavy atom. The smallest absolute Gasteiger partial charge is 0.306 e. The van der Waals surface area contributed by atoms with Crippen LogP contribution in [0, 0.1) is 5.92 Å². The van der Waals surface area contributed by atoms with Gasteiger partial charge in [0.25, 0.3) is 5.91 Å². The minimum atomic E-state index is -0.770. The van der Waals surface area contributed by atoms with Crippen LogP contribution in [0.3, 0.4) is 0 Å². The zero-order valence-electron chi connectivity index (χ0n) is 11.5. The van der Waals surface area contributed by atoms with Crippen LogP contribution in [0.5, 0.6) is 0 Å². The molecule has 1 aromatic heterocycles. The van der Waals surface area contributed by atoms with Crippen molar-refractivity contribution in [2.24, 2.45) is 5.92 Å². The third-order valence-corrected chi connectivity index (χ3v) is 4.03. The molecule has 0 spiro atoms. The van der Waals surface area contributed by atoms with E-state index >= 15 is 0 Å². The Bertz CT molecular complexity index is 685. The molecular weight excluding hydrogens is 268 g/mol. The number of piperidine rings is 1. The molecule has 5 heteroatoms. The van der Waals surface area contributed by atoms with E-state index in [4.69, 9.17) is 5.11 Å². The first-order valence-corrected chi connectivity index (χ1v) is 7.01. The van der Waals surface area contributed by atoms with E-state index in [0.717, 1.165) is 10.8 Å². The van der Waals surface area contributed by atoms with Gasteiger partial charge in [-0.1, -0.05) is 24.3 Å². The average molecular weight is 284 g/mol. The highest BCUT2D eigenvalue weighted by atomic mass is 16.4. The molecule has 1 N–H and O–H groups in total. The first kappa shape index (κ1) is 13.5. The topological polar surface area (TPSA) is 70.5 Å². The summed E-state index contributed by atoms with van der Waals surface area (Å²) in [5.74, 6) is -1.17. The van der Waals surface area contributed by atoms with Gasteiger partial charge in [0.2, 0.25) is 0 Å². The lowest BCUT2D eigenvalue weighted by Gasteiger charge is -2.30. The molecule has 1 aliphatic rings. The number of aromatic nitrogens is 1. The van der Waals surface area contributed by atoms with E-state index in [-0.39, 0.29) is 11.8 Å². The molecule has 0 bridgehead atoms. The average Bonchev–Trinajstić information content (AvgIpc) is 2.53. The van der Waals surface area contributed by atoms with Gasteiger partial charge in [-0.15, -0.1) is 0 Å². The van der Waals surface area contributed by atoms with Crippen molar-refractivity contribution in [3.63, 3.8) is 0 Å². The number of carboxylic acid groups (broad SMARTS) is 1. The van der Waals surface area contributed by atoms with Crippen LogP contribution in [0.4, 0.5) is 0 Å². The van der Waals surface area contributed by atoms with E-state index in [2.05, 4.69) is 4.98 Å². The summed E-state index contributed by atoms with van der Waals surface area (Å²) in [4.78, 5) is 29.4. The monoisotopic (exact) mass is 284 g/mol. The molecule has 0 saturated carbocycles. The first-order valence-electron chi connectivity index (χ1n) is 7.01. The van der Waals surface area contributed by atoms with Gasteiger partial charge in [0.1, 0.15) is 0 Å². The SMILES string of the molecule is O=C(O)C1CCN(C(=O)c2cncc3ccccc23)CC1. The van der Waals surface area contributed by atoms with Gasteiger partial charge in [-0.25, -0.2) is 0 Å². The number of pyridine rings is 1. The predicted octanol–water partition coefficient (Wildman–Crippen LogP) is 2.17. The fraction of sp³-hybridized carbons (Fsp3) is 0.312. The standard InChI is InChI=1S/C16H16N2O3/c19-15(18-7-5-11(6-8-18)16(20)21)14-10-17-9-12-3-1-2-4-13(12)14/h1-4,9-11H,5-8H2,(H,20,21). The van der Waals surface area contributed by atoms with E-state index in [1.165, 1.54) is 0 Å². The van der Waals surface area contributed by atoms with Crippen LogP contribution in [0.2, 0.25) is 0 Å². The number of carbonyl (C=O) groups excluding carboxylic acids is 1. The molecule has 0 atom stereocenters. The van der Waals surface area contributed by atoms with Crippen molar-refractivity contribution in [3.05, 3.63) is 42.2 Å². The lowest BCUT2D eigenvalue weighted by Crippen LogP contribution is -2.40. The van der Waals surface area contributed by atoms with E-state index in [1.54, 1.807) is 17.3 Å². The fourth-order valence-corrected chi connectivity index (χ4v) is 2.79. The van der Waals surface area contributed by atoms with Crippen molar-refractivity contribution < 1.29 is 14.7 Å². The van der Waals surface area contributed by atoms with Crippen LogP contribution in [0.15, 0.2) is 36.7 Å². The van der Waals surface area contributed by atoms with Gasteiger partial charge in [-0.05, 0) is 18.2 Å². The Hall–Kier alpha value is -2.43. The molecule has 2 heterocycles. The van der Waals surface area contributed by atoms with Crippen LogP contribution in [-0.2, 0) is 4.79 Å².